The smallest absolute Gasteiger partial charge is 0.261 e. The molecule has 1 heterocycles. The quantitative estimate of drug-likeness (QED) is 0.713. The van der Waals surface area contributed by atoms with Crippen molar-refractivity contribution < 1.29 is 31.5 Å². The summed E-state index contributed by atoms with van der Waals surface area (Å²) in [6, 6.07) is 9.24. The Bertz CT molecular complexity index is 993. The van der Waals surface area contributed by atoms with Crippen LogP contribution in [0.1, 0.15) is 12.5 Å². The Labute approximate surface area is 173 Å². The largest absolute Gasteiger partial charge is 0.481 e. The number of hydrogen-bond donors (Lipinski definition) is 1. The van der Waals surface area contributed by atoms with E-state index in [-0.39, 0.29) is 17.2 Å². The van der Waals surface area contributed by atoms with E-state index in [0.717, 1.165) is 12.1 Å². The average Bonchev–Trinajstić information content (AvgIpc) is 2.75. The fraction of sp³-hybridized carbons (Fsp3) is 0.350. The van der Waals surface area contributed by atoms with E-state index in [2.05, 4.69) is 5.32 Å². The van der Waals surface area contributed by atoms with Crippen molar-refractivity contribution in [2.24, 2.45) is 0 Å². The van der Waals surface area contributed by atoms with E-state index in [0.29, 0.717) is 31.9 Å². The number of sulfonamides is 1. The summed E-state index contributed by atoms with van der Waals surface area (Å²) in [6.45, 7) is 3.01. The van der Waals surface area contributed by atoms with Gasteiger partial charge in [-0.15, -0.1) is 0 Å². The summed E-state index contributed by atoms with van der Waals surface area (Å²) >= 11 is 0. The fourth-order valence-electron chi connectivity index (χ4n) is 2.86. The van der Waals surface area contributed by atoms with Crippen LogP contribution < -0.4 is 10.1 Å². The summed E-state index contributed by atoms with van der Waals surface area (Å²) in [5, 5.41) is 2.66. The zero-order chi connectivity index (χ0) is 21.7. The van der Waals surface area contributed by atoms with E-state index in [1.165, 1.54) is 29.4 Å². The van der Waals surface area contributed by atoms with Crippen LogP contribution in [-0.4, -0.2) is 51.0 Å². The van der Waals surface area contributed by atoms with Gasteiger partial charge < -0.3 is 14.8 Å². The Balaban J connectivity index is 1.55. The van der Waals surface area contributed by atoms with Gasteiger partial charge in [-0.05, 0) is 36.8 Å². The van der Waals surface area contributed by atoms with E-state index in [9.17, 15) is 22.0 Å². The third-order valence-electron chi connectivity index (χ3n) is 4.57. The third-order valence-corrected chi connectivity index (χ3v) is 6.48. The number of nitrogens with one attached hydrogen (secondary N) is 1. The Morgan fingerprint density at radius 3 is 2.43 bits per heavy atom. The molecule has 0 bridgehead atoms. The molecule has 162 valence electrons. The standard InChI is InChI=1S/C20H22F2N2O5S/c1-14(29-16-4-7-18(21)19(22)12-16)20(25)23-13-15-2-5-17(6-3-15)30(26,27)24-8-10-28-11-9-24/h2-7,12,14H,8-11,13H2,1H3,(H,23,25). The minimum Gasteiger partial charge on any atom is -0.481 e. The highest BCUT2D eigenvalue weighted by atomic mass is 32.2. The van der Waals surface area contributed by atoms with E-state index in [4.69, 9.17) is 9.47 Å². The summed E-state index contributed by atoms with van der Waals surface area (Å²) < 4.78 is 63.3. The molecular formula is C20H22F2N2O5S. The van der Waals surface area contributed by atoms with Crippen molar-refractivity contribution >= 4 is 15.9 Å². The lowest BCUT2D eigenvalue weighted by Gasteiger charge is -2.26. The normalized spacial score (nSPS) is 16.1. The Hall–Kier alpha value is -2.56. The van der Waals surface area contributed by atoms with Crippen molar-refractivity contribution in [1.29, 1.82) is 0 Å². The second-order valence-corrected chi connectivity index (χ2v) is 8.65. The summed E-state index contributed by atoms with van der Waals surface area (Å²) in [6.07, 6.45) is -0.934. The summed E-state index contributed by atoms with van der Waals surface area (Å²) in [5.41, 5.74) is 0.698. The molecule has 0 aromatic heterocycles. The number of carbonyl (C=O) groups is 1. The molecule has 1 atom stereocenters. The molecule has 1 N–H and O–H groups in total. The number of hydrogen-bond acceptors (Lipinski definition) is 5. The minimum atomic E-state index is -3.58. The Kier molecular flexibility index (Phi) is 7.01. The molecule has 0 aliphatic carbocycles. The predicted octanol–water partition coefficient (Wildman–Crippen LogP) is 2.07. The summed E-state index contributed by atoms with van der Waals surface area (Å²) in [4.78, 5) is 12.4. The maximum Gasteiger partial charge on any atom is 0.261 e. The van der Waals surface area contributed by atoms with Crippen molar-refractivity contribution in [3.05, 3.63) is 59.7 Å². The van der Waals surface area contributed by atoms with Gasteiger partial charge in [0.25, 0.3) is 5.91 Å². The topological polar surface area (TPSA) is 84.9 Å². The van der Waals surface area contributed by atoms with Crippen LogP contribution in [0.2, 0.25) is 0 Å². The van der Waals surface area contributed by atoms with E-state index >= 15 is 0 Å². The van der Waals surface area contributed by atoms with Crippen LogP contribution in [-0.2, 0) is 26.1 Å². The molecule has 0 saturated carbocycles. The van der Waals surface area contributed by atoms with Gasteiger partial charge in [-0.3, -0.25) is 4.79 Å². The molecule has 2 aromatic carbocycles. The minimum absolute atomic E-state index is 0.0363. The first kappa shape index (κ1) is 22.1. The molecule has 1 fully saturated rings. The molecule has 7 nitrogen and oxygen atoms in total. The molecule has 30 heavy (non-hydrogen) atoms. The lowest BCUT2D eigenvalue weighted by Crippen LogP contribution is -2.40. The second kappa shape index (κ2) is 9.50. The van der Waals surface area contributed by atoms with Gasteiger partial charge in [0.2, 0.25) is 10.0 Å². The number of benzene rings is 2. The van der Waals surface area contributed by atoms with Gasteiger partial charge in [-0.2, -0.15) is 4.31 Å². The molecular weight excluding hydrogens is 418 g/mol. The van der Waals surface area contributed by atoms with Crippen LogP contribution in [0.4, 0.5) is 8.78 Å². The number of nitrogens with zero attached hydrogens (tertiary/aromatic N) is 1. The molecule has 0 spiro atoms. The van der Waals surface area contributed by atoms with Crippen molar-refractivity contribution in [1.82, 2.24) is 9.62 Å². The van der Waals surface area contributed by atoms with E-state index in [1.54, 1.807) is 12.1 Å². The van der Waals surface area contributed by atoms with Crippen molar-refractivity contribution in [3.63, 3.8) is 0 Å². The highest BCUT2D eigenvalue weighted by molar-refractivity contribution is 7.89. The zero-order valence-electron chi connectivity index (χ0n) is 16.3. The molecule has 10 heteroatoms. The van der Waals surface area contributed by atoms with Crippen molar-refractivity contribution in [2.45, 2.75) is 24.5 Å². The van der Waals surface area contributed by atoms with Gasteiger partial charge in [-0.1, -0.05) is 12.1 Å². The molecule has 1 aliphatic rings. The molecule has 1 unspecified atom stereocenters. The summed E-state index contributed by atoms with van der Waals surface area (Å²) in [5.74, 6) is -2.48. The van der Waals surface area contributed by atoms with Crippen LogP contribution >= 0.6 is 0 Å². The maximum absolute atomic E-state index is 13.2. The molecule has 1 saturated heterocycles. The molecule has 1 aliphatic heterocycles. The zero-order valence-corrected chi connectivity index (χ0v) is 17.1. The number of morpholine rings is 1. The third kappa shape index (κ3) is 5.32. The fourth-order valence-corrected chi connectivity index (χ4v) is 4.26. The molecule has 3 rings (SSSR count). The molecule has 0 radical (unpaired) electrons. The van der Waals surface area contributed by atoms with Crippen LogP contribution in [0.25, 0.3) is 0 Å². The second-order valence-electron chi connectivity index (χ2n) is 6.71. The SMILES string of the molecule is CC(Oc1ccc(F)c(F)c1)C(=O)NCc1ccc(S(=O)(=O)N2CCOCC2)cc1. The predicted molar refractivity (Wildman–Crippen MR) is 104 cm³/mol. The molecule has 1 amide bonds. The van der Waals surface area contributed by atoms with Gasteiger partial charge in [0.1, 0.15) is 5.75 Å². The van der Waals surface area contributed by atoms with Gasteiger partial charge in [-0.25, -0.2) is 17.2 Å². The number of halogens is 2. The first-order chi connectivity index (χ1) is 14.3. The van der Waals surface area contributed by atoms with Gasteiger partial charge >= 0.3 is 0 Å². The van der Waals surface area contributed by atoms with Crippen LogP contribution in [0.3, 0.4) is 0 Å². The Morgan fingerprint density at radius 2 is 1.80 bits per heavy atom. The van der Waals surface area contributed by atoms with Crippen molar-refractivity contribution in [3.8, 4) is 5.75 Å². The number of carbonyl (C=O) groups excluding carboxylic acids is 1. The van der Waals surface area contributed by atoms with Gasteiger partial charge in [0.15, 0.2) is 17.7 Å². The molecule has 2 aromatic rings. The number of amides is 1. The first-order valence-corrected chi connectivity index (χ1v) is 10.8. The lowest BCUT2D eigenvalue weighted by molar-refractivity contribution is -0.127. The van der Waals surface area contributed by atoms with E-state index in [1.807, 2.05) is 0 Å². The highest BCUT2D eigenvalue weighted by Crippen LogP contribution is 2.18. The van der Waals surface area contributed by atoms with Crippen molar-refractivity contribution in [2.75, 3.05) is 26.3 Å². The average molecular weight is 440 g/mol. The lowest BCUT2D eigenvalue weighted by atomic mass is 10.2. The van der Waals surface area contributed by atoms with Gasteiger partial charge in [0, 0.05) is 25.7 Å². The van der Waals surface area contributed by atoms with Crippen LogP contribution in [0.15, 0.2) is 47.4 Å². The highest BCUT2D eigenvalue weighted by Gasteiger charge is 2.26. The van der Waals surface area contributed by atoms with Crippen LogP contribution in [0, 0.1) is 11.6 Å². The summed E-state index contributed by atoms with van der Waals surface area (Å²) in [7, 11) is -3.58. The van der Waals surface area contributed by atoms with Gasteiger partial charge in [0.05, 0.1) is 18.1 Å². The number of rotatable bonds is 7. The number of ether oxygens (including phenoxy) is 2. The first-order valence-electron chi connectivity index (χ1n) is 9.33. The van der Waals surface area contributed by atoms with E-state index < -0.39 is 33.7 Å². The maximum atomic E-state index is 13.2. The monoisotopic (exact) mass is 440 g/mol. The van der Waals surface area contributed by atoms with Crippen LogP contribution in [0.5, 0.6) is 5.75 Å². The Morgan fingerprint density at radius 1 is 1.13 bits per heavy atom.